The Morgan fingerprint density at radius 3 is 3.00 bits per heavy atom. The molecule has 0 aliphatic carbocycles. The third kappa shape index (κ3) is 1.37. The largest absolute Gasteiger partial charge is 0.482 e. The zero-order valence-corrected chi connectivity index (χ0v) is 8.73. The van der Waals surface area contributed by atoms with E-state index < -0.39 is 4.92 Å². The summed E-state index contributed by atoms with van der Waals surface area (Å²) in [5.41, 5.74) is 1.98. The van der Waals surface area contributed by atoms with E-state index in [0.717, 1.165) is 5.56 Å². The number of nitrogens with one attached hydrogen (secondary N) is 1. The molecule has 0 spiro atoms. The van der Waals surface area contributed by atoms with Crippen LogP contribution in [0.5, 0.6) is 5.75 Å². The van der Waals surface area contributed by atoms with E-state index in [0.29, 0.717) is 23.4 Å². The molecule has 2 aliphatic rings. The maximum Gasteiger partial charge on any atom is 0.284 e. The van der Waals surface area contributed by atoms with Gasteiger partial charge in [-0.2, -0.15) is 0 Å². The van der Waals surface area contributed by atoms with Gasteiger partial charge in [0.15, 0.2) is 6.61 Å². The second-order valence-corrected chi connectivity index (χ2v) is 3.87. The highest BCUT2D eigenvalue weighted by Crippen LogP contribution is 2.33. The lowest BCUT2D eigenvalue weighted by Gasteiger charge is -2.15. The van der Waals surface area contributed by atoms with Crippen molar-refractivity contribution in [1.82, 2.24) is 5.32 Å². The average Bonchev–Trinajstić information content (AvgIpc) is 2.71. The summed E-state index contributed by atoms with van der Waals surface area (Å²) in [6, 6.07) is 3.35. The molecule has 3 rings (SSSR count). The van der Waals surface area contributed by atoms with Crippen LogP contribution in [0.4, 0.5) is 0 Å². The summed E-state index contributed by atoms with van der Waals surface area (Å²) in [7, 11) is 0. The molecule has 6 heteroatoms. The molecule has 0 radical (unpaired) electrons. The molecule has 0 fully saturated rings. The predicted octanol–water partition coefficient (Wildman–Crippen LogP) is 0.940. The number of fused-ring (bicyclic) bond motifs is 3. The molecule has 2 heterocycles. The number of rotatable bonds is 1. The summed E-state index contributed by atoms with van der Waals surface area (Å²) < 4.78 is 5.31. The topological polar surface area (TPSA) is 81.5 Å². The van der Waals surface area contributed by atoms with Gasteiger partial charge in [-0.25, -0.2) is 0 Å². The van der Waals surface area contributed by atoms with Gasteiger partial charge in [0.2, 0.25) is 0 Å². The van der Waals surface area contributed by atoms with Crippen LogP contribution in [0, 0.1) is 10.1 Å². The molecule has 17 heavy (non-hydrogen) atoms. The van der Waals surface area contributed by atoms with Crippen LogP contribution >= 0.6 is 0 Å². The molecular weight excluding hydrogens is 224 g/mol. The second kappa shape index (κ2) is 3.31. The van der Waals surface area contributed by atoms with Crippen molar-refractivity contribution >= 4 is 12.0 Å². The Hall–Kier alpha value is -2.37. The summed E-state index contributed by atoms with van der Waals surface area (Å²) in [4.78, 5) is 21.7. The average molecular weight is 232 g/mol. The normalized spacial score (nSPS) is 16.5. The van der Waals surface area contributed by atoms with E-state index in [-0.39, 0.29) is 18.2 Å². The number of carbonyl (C=O) groups excluding carboxylic acids is 1. The van der Waals surface area contributed by atoms with Gasteiger partial charge in [-0.3, -0.25) is 14.9 Å². The van der Waals surface area contributed by atoms with Gasteiger partial charge >= 0.3 is 0 Å². The van der Waals surface area contributed by atoms with Crippen LogP contribution in [-0.2, 0) is 6.54 Å². The van der Waals surface area contributed by atoms with E-state index in [2.05, 4.69) is 5.32 Å². The van der Waals surface area contributed by atoms with Crippen molar-refractivity contribution in [3.8, 4) is 5.75 Å². The van der Waals surface area contributed by atoms with Crippen molar-refractivity contribution < 1.29 is 14.5 Å². The van der Waals surface area contributed by atoms with Crippen molar-refractivity contribution in [2.45, 2.75) is 6.54 Å². The lowest BCUT2D eigenvalue weighted by molar-refractivity contribution is -0.427. The number of hydrogen-bond donors (Lipinski definition) is 1. The third-order valence-electron chi connectivity index (χ3n) is 2.91. The standard InChI is InChI=1S/C11H8N2O4/c14-11-7-1-2-10-8(9(7)4-12-11)3-6(5-17-10)13(15)16/h1-3H,4-5H2,(H,12,14). The van der Waals surface area contributed by atoms with Crippen LogP contribution in [0.3, 0.4) is 0 Å². The zero-order valence-electron chi connectivity index (χ0n) is 8.73. The quantitative estimate of drug-likeness (QED) is 0.577. The van der Waals surface area contributed by atoms with Crippen molar-refractivity contribution in [1.29, 1.82) is 0 Å². The first kappa shape index (κ1) is 9.83. The molecule has 6 nitrogen and oxygen atoms in total. The van der Waals surface area contributed by atoms with Gasteiger partial charge in [-0.15, -0.1) is 0 Å². The molecule has 0 bridgehead atoms. The summed E-state index contributed by atoms with van der Waals surface area (Å²) in [5.74, 6) is 0.440. The van der Waals surface area contributed by atoms with E-state index in [1.807, 2.05) is 0 Å². The second-order valence-electron chi connectivity index (χ2n) is 3.87. The Balaban J connectivity index is 2.19. The lowest BCUT2D eigenvalue weighted by atomic mass is 10.00. The van der Waals surface area contributed by atoms with Gasteiger partial charge in [-0.05, 0) is 17.7 Å². The van der Waals surface area contributed by atoms with Gasteiger partial charge in [0, 0.05) is 23.7 Å². The first-order valence-electron chi connectivity index (χ1n) is 5.08. The number of benzene rings is 1. The van der Waals surface area contributed by atoms with Crippen LogP contribution in [0.1, 0.15) is 21.5 Å². The fraction of sp³-hybridized carbons (Fsp3) is 0.182. The highest BCUT2D eigenvalue weighted by Gasteiger charge is 2.28. The number of carbonyl (C=O) groups is 1. The number of nitro groups is 1. The van der Waals surface area contributed by atoms with E-state index >= 15 is 0 Å². The Bertz CT molecular complexity index is 577. The van der Waals surface area contributed by atoms with Crippen molar-refractivity contribution in [2.75, 3.05) is 6.61 Å². The molecule has 1 N–H and O–H groups in total. The molecule has 0 unspecified atom stereocenters. The minimum atomic E-state index is -0.466. The molecule has 2 aliphatic heterocycles. The lowest BCUT2D eigenvalue weighted by Crippen LogP contribution is -2.14. The molecule has 0 atom stereocenters. The Morgan fingerprint density at radius 2 is 2.24 bits per heavy atom. The Labute approximate surface area is 96.0 Å². The van der Waals surface area contributed by atoms with Crippen LogP contribution in [0.2, 0.25) is 0 Å². The zero-order chi connectivity index (χ0) is 12.0. The Morgan fingerprint density at radius 1 is 1.41 bits per heavy atom. The number of ether oxygens (including phenoxy) is 1. The SMILES string of the molecule is O=C1NCc2c1ccc1c2C=C([N+](=O)[O-])CO1. The number of nitrogens with zero attached hydrogens (tertiary/aromatic N) is 1. The number of hydrogen-bond acceptors (Lipinski definition) is 4. The molecule has 0 saturated heterocycles. The van der Waals surface area contributed by atoms with Crippen molar-refractivity contribution in [2.24, 2.45) is 0 Å². The van der Waals surface area contributed by atoms with Crippen LogP contribution in [0.15, 0.2) is 17.8 Å². The van der Waals surface area contributed by atoms with Gasteiger partial charge in [0.1, 0.15) is 5.75 Å². The molecular formula is C11H8N2O4. The van der Waals surface area contributed by atoms with Gasteiger partial charge in [0.05, 0.1) is 4.92 Å². The maximum absolute atomic E-state index is 11.5. The van der Waals surface area contributed by atoms with Crippen LogP contribution in [-0.4, -0.2) is 17.4 Å². The first-order chi connectivity index (χ1) is 8.16. The van der Waals surface area contributed by atoms with E-state index in [1.165, 1.54) is 6.08 Å². The van der Waals surface area contributed by atoms with Gasteiger partial charge < -0.3 is 10.1 Å². The minimum Gasteiger partial charge on any atom is -0.482 e. The van der Waals surface area contributed by atoms with E-state index in [4.69, 9.17) is 4.74 Å². The summed E-state index contributed by atoms with van der Waals surface area (Å²) >= 11 is 0. The maximum atomic E-state index is 11.5. The molecule has 86 valence electrons. The highest BCUT2D eigenvalue weighted by molar-refractivity contribution is 6.00. The minimum absolute atomic E-state index is 0.00486. The van der Waals surface area contributed by atoms with Gasteiger partial charge in [-0.1, -0.05) is 0 Å². The predicted molar refractivity (Wildman–Crippen MR) is 58.1 cm³/mol. The fourth-order valence-electron chi connectivity index (χ4n) is 2.06. The van der Waals surface area contributed by atoms with Crippen molar-refractivity contribution in [3.05, 3.63) is 44.6 Å². The van der Waals surface area contributed by atoms with Crippen LogP contribution in [0.25, 0.3) is 6.08 Å². The molecule has 0 aromatic heterocycles. The van der Waals surface area contributed by atoms with Crippen molar-refractivity contribution in [3.63, 3.8) is 0 Å². The highest BCUT2D eigenvalue weighted by atomic mass is 16.6. The summed E-state index contributed by atoms with van der Waals surface area (Å²) in [6.45, 7) is 0.350. The molecule has 1 amide bonds. The molecule has 1 aromatic rings. The van der Waals surface area contributed by atoms with E-state index in [1.54, 1.807) is 12.1 Å². The summed E-state index contributed by atoms with van der Waals surface area (Å²) in [6.07, 6.45) is 1.48. The Kier molecular flexibility index (Phi) is 1.91. The van der Waals surface area contributed by atoms with Crippen LogP contribution < -0.4 is 10.1 Å². The first-order valence-corrected chi connectivity index (χ1v) is 5.08. The number of amides is 1. The molecule has 0 saturated carbocycles. The monoisotopic (exact) mass is 232 g/mol. The van der Waals surface area contributed by atoms with E-state index in [9.17, 15) is 14.9 Å². The van der Waals surface area contributed by atoms with Gasteiger partial charge in [0.25, 0.3) is 11.6 Å². The molecule has 1 aromatic carbocycles. The third-order valence-corrected chi connectivity index (χ3v) is 2.91. The summed E-state index contributed by atoms with van der Waals surface area (Å²) in [5, 5.41) is 13.4. The smallest absolute Gasteiger partial charge is 0.284 e. The fourth-order valence-corrected chi connectivity index (χ4v) is 2.06.